The van der Waals surface area contributed by atoms with Crippen molar-refractivity contribution in [3.8, 4) is 0 Å². The first kappa shape index (κ1) is 14.8. The molecule has 1 aliphatic carbocycles. The molecule has 0 spiro atoms. The zero-order chi connectivity index (χ0) is 15.6. The molecular formula is C19H21NO2. The molecule has 1 fully saturated rings. The average molecular weight is 295 g/mol. The first-order valence-corrected chi connectivity index (χ1v) is 7.80. The van der Waals surface area contributed by atoms with Crippen LogP contribution in [-0.4, -0.2) is 11.0 Å². The molecule has 1 aliphatic rings. The molecule has 1 unspecified atom stereocenters. The lowest BCUT2D eigenvalue weighted by Crippen LogP contribution is -2.42. The minimum absolute atomic E-state index is 0.496. The number of carbonyl (C=O) groups excluding carboxylic acids is 1. The van der Waals surface area contributed by atoms with Gasteiger partial charge in [0.1, 0.15) is 0 Å². The van der Waals surface area contributed by atoms with Gasteiger partial charge >= 0.3 is 0 Å². The van der Waals surface area contributed by atoms with Gasteiger partial charge in [-0.1, -0.05) is 67.4 Å². The first-order chi connectivity index (χ1) is 10.6. The molecule has 0 aliphatic heterocycles. The predicted octanol–water partition coefficient (Wildman–Crippen LogP) is 3.07. The number of aliphatic hydroxyl groups is 1. The summed E-state index contributed by atoms with van der Waals surface area (Å²) in [4.78, 5) is 11.9. The van der Waals surface area contributed by atoms with Gasteiger partial charge in [0.05, 0.1) is 0 Å². The van der Waals surface area contributed by atoms with Gasteiger partial charge in [-0.15, -0.1) is 0 Å². The van der Waals surface area contributed by atoms with Crippen LogP contribution < -0.4 is 5.73 Å². The summed E-state index contributed by atoms with van der Waals surface area (Å²) in [5, 5.41) is 10.9. The number of primary amides is 1. The van der Waals surface area contributed by atoms with Crippen LogP contribution in [0, 0.1) is 0 Å². The van der Waals surface area contributed by atoms with Gasteiger partial charge in [0, 0.05) is 0 Å². The van der Waals surface area contributed by atoms with Gasteiger partial charge in [-0.2, -0.15) is 0 Å². The highest BCUT2D eigenvalue weighted by atomic mass is 16.3. The third kappa shape index (κ3) is 2.53. The first-order valence-electron chi connectivity index (χ1n) is 7.80. The Morgan fingerprint density at radius 1 is 0.955 bits per heavy atom. The number of hydrogen-bond acceptors (Lipinski definition) is 2. The number of carbonyl (C=O) groups is 1. The normalized spacial score (nSPS) is 18.0. The molecule has 114 valence electrons. The standard InChI is InChI=1S/C19H21NO2/c20-18(21)19(22,16-8-2-1-3-9-16)17-12-10-15(11-13-17)14-6-4-5-7-14/h1-3,8-14,22H,4-7H2,(H2,20,21). The summed E-state index contributed by atoms with van der Waals surface area (Å²) in [5.74, 6) is -0.153. The summed E-state index contributed by atoms with van der Waals surface area (Å²) in [7, 11) is 0. The summed E-state index contributed by atoms with van der Waals surface area (Å²) >= 11 is 0. The van der Waals surface area contributed by atoms with Crippen molar-refractivity contribution in [1.82, 2.24) is 0 Å². The zero-order valence-corrected chi connectivity index (χ0v) is 12.5. The summed E-state index contributed by atoms with van der Waals surface area (Å²) in [5.41, 5.74) is 6.02. The fourth-order valence-corrected chi connectivity index (χ4v) is 3.39. The lowest BCUT2D eigenvalue weighted by atomic mass is 9.84. The number of amides is 1. The van der Waals surface area contributed by atoms with Crippen LogP contribution >= 0.6 is 0 Å². The molecule has 2 aromatic rings. The summed E-state index contributed by atoms with van der Waals surface area (Å²) in [6, 6.07) is 16.5. The molecule has 1 saturated carbocycles. The maximum atomic E-state index is 11.9. The lowest BCUT2D eigenvalue weighted by molar-refractivity contribution is -0.133. The third-order valence-electron chi connectivity index (χ3n) is 4.70. The maximum absolute atomic E-state index is 11.9. The minimum atomic E-state index is -1.78. The van der Waals surface area contributed by atoms with Crippen LogP contribution in [0.1, 0.15) is 48.3 Å². The topological polar surface area (TPSA) is 63.3 Å². The third-order valence-corrected chi connectivity index (χ3v) is 4.70. The Bertz CT molecular complexity index is 645. The fraction of sp³-hybridized carbons (Fsp3) is 0.316. The Morgan fingerprint density at radius 3 is 2.05 bits per heavy atom. The largest absolute Gasteiger partial charge is 0.372 e. The Labute approximate surface area is 130 Å². The number of hydrogen-bond donors (Lipinski definition) is 2. The van der Waals surface area contributed by atoms with Crippen molar-refractivity contribution < 1.29 is 9.90 Å². The van der Waals surface area contributed by atoms with Crippen LogP contribution in [0.2, 0.25) is 0 Å². The Balaban J connectivity index is 1.97. The Hall–Kier alpha value is -2.13. The molecule has 0 radical (unpaired) electrons. The summed E-state index contributed by atoms with van der Waals surface area (Å²) < 4.78 is 0. The van der Waals surface area contributed by atoms with Crippen LogP contribution in [0.25, 0.3) is 0 Å². The number of benzene rings is 2. The second-order valence-electron chi connectivity index (χ2n) is 6.04. The van der Waals surface area contributed by atoms with E-state index < -0.39 is 11.5 Å². The van der Waals surface area contributed by atoms with Gasteiger partial charge in [-0.3, -0.25) is 4.79 Å². The van der Waals surface area contributed by atoms with E-state index in [0.717, 1.165) is 0 Å². The molecule has 0 heterocycles. The SMILES string of the molecule is NC(=O)C(O)(c1ccccc1)c1ccc(C2CCCC2)cc1. The molecule has 3 N–H and O–H groups in total. The lowest BCUT2D eigenvalue weighted by Gasteiger charge is -2.26. The van der Waals surface area contributed by atoms with Gasteiger partial charge < -0.3 is 10.8 Å². The number of nitrogens with two attached hydrogens (primary N) is 1. The summed E-state index contributed by atoms with van der Waals surface area (Å²) in [6.07, 6.45) is 5.00. The van der Waals surface area contributed by atoms with E-state index in [2.05, 4.69) is 0 Å². The van der Waals surface area contributed by atoms with Crippen LogP contribution in [0.5, 0.6) is 0 Å². The van der Waals surface area contributed by atoms with Crippen molar-refractivity contribution in [2.24, 2.45) is 5.73 Å². The highest BCUT2D eigenvalue weighted by molar-refractivity contribution is 5.88. The monoisotopic (exact) mass is 295 g/mol. The van der Waals surface area contributed by atoms with E-state index in [1.54, 1.807) is 24.3 Å². The summed E-state index contributed by atoms with van der Waals surface area (Å²) in [6.45, 7) is 0. The van der Waals surface area contributed by atoms with Crippen molar-refractivity contribution in [1.29, 1.82) is 0 Å². The minimum Gasteiger partial charge on any atom is -0.372 e. The van der Waals surface area contributed by atoms with Gasteiger partial charge in [0.25, 0.3) is 5.91 Å². The highest BCUT2D eigenvalue weighted by Gasteiger charge is 2.38. The number of rotatable bonds is 4. The predicted molar refractivity (Wildman–Crippen MR) is 86.3 cm³/mol. The molecule has 2 aromatic carbocycles. The van der Waals surface area contributed by atoms with E-state index in [1.807, 2.05) is 30.3 Å². The van der Waals surface area contributed by atoms with Gasteiger partial charge in [0.2, 0.25) is 0 Å². The van der Waals surface area contributed by atoms with Gasteiger partial charge in [-0.05, 0) is 35.4 Å². The molecule has 3 nitrogen and oxygen atoms in total. The second kappa shape index (κ2) is 5.93. The van der Waals surface area contributed by atoms with Crippen molar-refractivity contribution in [2.75, 3.05) is 0 Å². The zero-order valence-electron chi connectivity index (χ0n) is 12.5. The van der Waals surface area contributed by atoms with Crippen LogP contribution in [0.15, 0.2) is 54.6 Å². The van der Waals surface area contributed by atoms with E-state index in [9.17, 15) is 9.90 Å². The second-order valence-corrected chi connectivity index (χ2v) is 6.04. The maximum Gasteiger partial charge on any atom is 0.258 e. The molecule has 0 aromatic heterocycles. The average Bonchev–Trinajstić information content (AvgIpc) is 3.09. The van der Waals surface area contributed by atoms with E-state index in [1.165, 1.54) is 31.2 Å². The molecule has 1 atom stereocenters. The van der Waals surface area contributed by atoms with E-state index >= 15 is 0 Å². The molecule has 3 rings (SSSR count). The van der Waals surface area contributed by atoms with E-state index in [0.29, 0.717) is 17.0 Å². The van der Waals surface area contributed by atoms with Crippen molar-refractivity contribution >= 4 is 5.91 Å². The van der Waals surface area contributed by atoms with Crippen LogP contribution in [0.3, 0.4) is 0 Å². The van der Waals surface area contributed by atoms with Gasteiger partial charge in [0.15, 0.2) is 5.60 Å². The van der Waals surface area contributed by atoms with Crippen molar-refractivity contribution in [3.63, 3.8) is 0 Å². The van der Waals surface area contributed by atoms with Crippen molar-refractivity contribution in [2.45, 2.75) is 37.2 Å². The fourth-order valence-electron chi connectivity index (χ4n) is 3.39. The smallest absolute Gasteiger partial charge is 0.258 e. The molecule has 0 bridgehead atoms. The Morgan fingerprint density at radius 2 is 1.50 bits per heavy atom. The molecule has 3 heteroatoms. The van der Waals surface area contributed by atoms with Crippen LogP contribution in [0.4, 0.5) is 0 Å². The van der Waals surface area contributed by atoms with E-state index in [4.69, 9.17) is 5.73 Å². The molecular weight excluding hydrogens is 274 g/mol. The Kier molecular flexibility index (Phi) is 3.99. The van der Waals surface area contributed by atoms with Gasteiger partial charge in [-0.25, -0.2) is 0 Å². The quantitative estimate of drug-likeness (QED) is 0.910. The molecule has 1 amide bonds. The van der Waals surface area contributed by atoms with Crippen molar-refractivity contribution in [3.05, 3.63) is 71.3 Å². The molecule has 0 saturated heterocycles. The van der Waals surface area contributed by atoms with Crippen LogP contribution in [-0.2, 0) is 10.4 Å². The van der Waals surface area contributed by atoms with E-state index in [-0.39, 0.29) is 0 Å². The molecule has 22 heavy (non-hydrogen) atoms. The highest BCUT2D eigenvalue weighted by Crippen LogP contribution is 2.36.